The van der Waals surface area contributed by atoms with Crippen LogP contribution in [-0.4, -0.2) is 20.5 Å². The highest BCUT2D eigenvalue weighted by Crippen LogP contribution is 2.25. The van der Waals surface area contributed by atoms with Crippen LogP contribution in [0.4, 0.5) is 4.39 Å². The highest BCUT2D eigenvalue weighted by atomic mass is 19.1. The predicted molar refractivity (Wildman–Crippen MR) is 52.4 cm³/mol. The molecule has 1 aromatic heterocycles. The number of benzene rings is 1. The van der Waals surface area contributed by atoms with E-state index < -0.39 is 6.10 Å². The summed E-state index contributed by atoms with van der Waals surface area (Å²) in [5.74, 6) is -0.381. The molecule has 1 aromatic carbocycles. The number of H-pyrrole nitrogens is 1. The molecule has 0 bridgehead atoms. The van der Waals surface area contributed by atoms with Gasteiger partial charge in [-0.3, -0.25) is 0 Å². The van der Waals surface area contributed by atoms with Crippen molar-refractivity contribution >= 4 is 0 Å². The fourth-order valence-electron chi connectivity index (χ4n) is 1.38. The lowest BCUT2D eigenvalue weighted by Crippen LogP contribution is -1.95. The van der Waals surface area contributed by atoms with E-state index in [1.54, 1.807) is 25.1 Å². The van der Waals surface area contributed by atoms with E-state index in [1.165, 1.54) is 6.07 Å². The van der Waals surface area contributed by atoms with Crippen molar-refractivity contribution in [1.82, 2.24) is 15.4 Å². The third-order valence-corrected chi connectivity index (χ3v) is 2.10. The first kappa shape index (κ1) is 9.79. The number of aliphatic hydroxyl groups excluding tert-OH is 1. The van der Waals surface area contributed by atoms with E-state index in [2.05, 4.69) is 15.4 Å². The Bertz CT molecular complexity index is 467. The Morgan fingerprint density at radius 2 is 2.07 bits per heavy atom. The maximum absolute atomic E-state index is 13.4. The molecule has 0 saturated heterocycles. The maximum Gasteiger partial charge on any atom is 0.132 e. The standard InChI is InChI=1S/C10H10FN3O/c1-6(15)9-10(13-14-12-9)7-4-2-3-5-8(7)11/h2-6,15H,1H3,(H,12,13,14). The van der Waals surface area contributed by atoms with Crippen molar-refractivity contribution in [1.29, 1.82) is 0 Å². The van der Waals surface area contributed by atoms with Gasteiger partial charge in [0.15, 0.2) is 0 Å². The minimum Gasteiger partial charge on any atom is -0.387 e. The van der Waals surface area contributed by atoms with Crippen LogP contribution in [0.1, 0.15) is 18.7 Å². The van der Waals surface area contributed by atoms with Crippen molar-refractivity contribution in [3.8, 4) is 11.3 Å². The number of aliphatic hydroxyl groups is 1. The minimum absolute atomic E-state index is 0.335. The number of rotatable bonds is 2. The minimum atomic E-state index is -0.779. The van der Waals surface area contributed by atoms with Gasteiger partial charge < -0.3 is 5.11 Å². The fraction of sp³-hybridized carbons (Fsp3) is 0.200. The van der Waals surface area contributed by atoms with Gasteiger partial charge in [0, 0.05) is 5.56 Å². The number of nitrogens with zero attached hydrogens (tertiary/aromatic N) is 2. The van der Waals surface area contributed by atoms with Crippen molar-refractivity contribution in [3.63, 3.8) is 0 Å². The molecule has 0 fully saturated rings. The van der Waals surface area contributed by atoms with Crippen molar-refractivity contribution < 1.29 is 9.50 Å². The second kappa shape index (κ2) is 3.78. The summed E-state index contributed by atoms with van der Waals surface area (Å²) in [6.07, 6.45) is -0.779. The van der Waals surface area contributed by atoms with E-state index >= 15 is 0 Å². The Hall–Kier alpha value is -1.75. The molecule has 2 N–H and O–H groups in total. The Labute approximate surface area is 85.8 Å². The number of aromatic nitrogens is 3. The average molecular weight is 207 g/mol. The van der Waals surface area contributed by atoms with Gasteiger partial charge in [-0.2, -0.15) is 15.4 Å². The molecule has 1 atom stereocenters. The van der Waals surface area contributed by atoms with Crippen molar-refractivity contribution in [2.24, 2.45) is 0 Å². The van der Waals surface area contributed by atoms with Crippen molar-refractivity contribution in [2.75, 3.05) is 0 Å². The lowest BCUT2D eigenvalue weighted by Gasteiger charge is -2.03. The SMILES string of the molecule is CC(O)c1n[nH]nc1-c1ccccc1F. The zero-order valence-electron chi connectivity index (χ0n) is 8.11. The summed E-state index contributed by atoms with van der Waals surface area (Å²) < 4.78 is 13.4. The lowest BCUT2D eigenvalue weighted by molar-refractivity contribution is 0.195. The Kier molecular flexibility index (Phi) is 2.47. The summed E-state index contributed by atoms with van der Waals surface area (Å²) in [6, 6.07) is 6.24. The highest BCUT2D eigenvalue weighted by Gasteiger charge is 2.16. The topological polar surface area (TPSA) is 61.8 Å². The second-order valence-corrected chi connectivity index (χ2v) is 3.21. The molecular weight excluding hydrogens is 197 g/mol. The summed E-state index contributed by atoms with van der Waals surface area (Å²) in [6.45, 7) is 1.56. The summed E-state index contributed by atoms with van der Waals surface area (Å²) in [5, 5.41) is 19.4. The molecule has 1 heterocycles. The summed E-state index contributed by atoms with van der Waals surface area (Å²) in [4.78, 5) is 0. The molecule has 4 nitrogen and oxygen atoms in total. The van der Waals surface area contributed by atoms with Crippen LogP contribution in [0.2, 0.25) is 0 Å². The number of halogens is 1. The fourth-order valence-corrected chi connectivity index (χ4v) is 1.38. The number of aromatic amines is 1. The van der Waals surface area contributed by atoms with Crippen LogP contribution in [-0.2, 0) is 0 Å². The van der Waals surface area contributed by atoms with Crippen molar-refractivity contribution in [2.45, 2.75) is 13.0 Å². The zero-order chi connectivity index (χ0) is 10.8. The second-order valence-electron chi connectivity index (χ2n) is 3.21. The molecule has 2 aromatic rings. The van der Waals surface area contributed by atoms with Gasteiger partial charge in [-0.05, 0) is 19.1 Å². The van der Waals surface area contributed by atoms with E-state index in [0.29, 0.717) is 17.0 Å². The van der Waals surface area contributed by atoms with E-state index in [9.17, 15) is 9.50 Å². The van der Waals surface area contributed by atoms with E-state index in [4.69, 9.17) is 0 Å². The molecule has 15 heavy (non-hydrogen) atoms. The van der Waals surface area contributed by atoms with Gasteiger partial charge in [-0.25, -0.2) is 4.39 Å². The molecule has 0 aliphatic heterocycles. The van der Waals surface area contributed by atoms with E-state index in [-0.39, 0.29) is 5.82 Å². The van der Waals surface area contributed by atoms with Gasteiger partial charge in [0.2, 0.25) is 0 Å². The Morgan fingerprint density at radius 1 is 1.33 bits per heavy atom. The molecule has 0 spiro atoms. The van der Waals surface area contributed by atoms with Crippen molar-refractivity contribution in [3.05, 3.63) is 35.8 Å². The molecule has 0 radical (unpaired) electrons. The van der Waals surface area contributed by atoms with Gasteiger partial charge in [0.1, 0.15) is 17.2 Å². The normalized spacial score (nSPS) is 12.7. The molecule has 0 aliphatic carbocycles. The molecule has 0 amide bonds. The highest BCUT2D eigenvalue weighted by molar-refractivity contribution is 5.62. The predicted octanol–water partition coefficient (Wildman–Crippen LogP) is 1.66. The molecule has 0 aliphatic rings. The number of hydrogen-bond donors (Lipinski definition) is 2. The summed E-state index contributed by atoms with van der Waals surface area (Å²) in [5.41, 5.74) is 1.03. The van der Waals surface area contributed by atoms with Crippen LogP contribution >= 0.6 is 0 Å². The Morgan fingerprint density at radius 3 is 2.73 bits per heavy atom. The average Bonchev–Trinajstić information content (AvgIpc) is 2.67. The molecule has 1 unspecified atom stereocenters. The lowest BCUT2D eigenvalue weighted by atomic mass is 10.1. The van der Waals surface area contributed by atoms with Crippen LogP contribution in [0.5, 0.6) is 0 Å². The quantitative estimate of drug-likeness (QED) is 0.787. The first-order valence-corrected chi connectivity index (χ1v) is 4.53. The number of nitrogens with one attached hydrogen (secondary N) is 1. The zero-order valence-corrected chi connectivity index (χ0v) is 8.11. The first-order valence-electron chi connectivity index (χ1n) is 4.53. The smallest absolute Gasteiger partial charge is 0.132 e. The first-order chi connectivity index (χ1) is 7.20. The van der Waals surface area contributed by atoms with Crippen LogP contribution in [0.15, 0.2) is 24.3 Å². The summed E-state index contributed by atoms with van der Waals surface area (Å²) >= 11 is 0. The van der Waals surface area contributed by atoms with Gasteiger partial charge in [-0.15, -0.1) is 0 Å². The maximum atomic E-state index is 13.4. The monoisotopic (exact) mass is 207 g/mol. The third kappa shape index (κ3) is 1.73. The molecular formula is C10H10FN3O. The van der Waals surface area contributed by atoms with Gasteiger partial charge in [0.05, 0.1) is 6.10 Å². The van der Waals surface area contributed by atoms with Crippen LogP contribution in [0.25, 0.3) is 11.3 Å². The van der Waals surface area contributed by atoms with E-state index in [1.807, 2.05) is 0 Å². The summed E-state index contributed by atoms with van der Waals surface area (Å²) in [7, 11) is 0. The Balaban J connectivity index is 2.55. The molecule has 5 heteroatoms. The van der Waals surface area contributed by atoms with Gasteiger partial charge in [-0.1, -0.05) is 12.1 Å². The largest absolute Gasteiger partial charge is 0.387 e. The molecule has 78 valence electrons. The van der Waals surface area contributed by atoms with Gasteiger partial charge >= 0.3 is 0 Å². The van der Waals surface area contributed by atoms with Crippen LogP contribution < -0.4 is 0 Å². The van der Waals surface area contributed by atoms with E-state index in [0.717, 1.165) is 0 Å². The number of hydrogen-bond acceptors (Lipinski definition) is 3. The third-order valence-electron chi connectivity index (χ3n) is 2.10. The molecule has 2 rings (SSSR count). The van der Waals surface area contributed by atoms with Gasteiger partial charge in [0.25, 0.3) is 0 Å². The molecule has 0 saturated carbocycles. The van der Waals surface area contributed by atoms with Crippen LogP contribution in [0.3, 0.4) is 0 Å². The van der Waals surface area contributed by atoms with Crippen LogP contribution in [0, 0.1) is 5.82 Å².